The van der Waals surface area contributed by atoms with E-state index in [1.807, 2.05) is 7.11 Å². The Bertz CT molecular complexity index is 115. The predicted octanol–water partition coefficient (Wildman–Crippen LogP) is 2.69. The van der Waals surface area contributed by atoms with E-state index >= 15 is 0 Å². The second kappa shape index (κ2) is 3.96. The Morgan fingerprint density at radius 3 is 2.36 bits per heavy atom. The second-order valence-corrected chi connectivity index (χ2v) is 8.68. The van der Waals surface area contributed by atoms with E-state index in [0.717, 1.165) is 0 Å². The van der Waals surface area contributed by atoms with Crippen molar-refractivity contribution < 1.29 is 4.43 Å². The first-order valence-corrected chi connectivity index (χ1v) is 7.50. The third-order valence-corrected chi connectivity index (χ3v) is 8.01. The Morgan fingerprint density at radius 1 is 1.45 bits per heavy atom. The summed E-state index contributed by atoms with van der Waals surface area (Å²) in [6.45, 7) is 2.27. The molecule has 1 nitrogen and oxygen atoms in total. The number of hydrogen-bond acceptors (Lipinski definition) is 2. The van der Waals surface area contributed by atoms with Gasteiger partial charge in [-0.1, -0.05) is 6.92 Å². The minimum absolute atomic E-state index is 0.650. The topological polar surface area (TPSA) is 9.23 Å². The van der Waals surface area contributed by atoms with Crippen molar-refractivity contribution in [1.29, 1.82) is 0 Å². The normalized spacial score (nSPS) is 39.0. The minimum Gasteiger partial charge on any atom is -0.420 e. The number of thiol groups is 1. The summed E-state index contributed by atoms with van der Waals surface area (Å²) >= 11 is 4.48. The molecule has 66 valence electrons. The van der Waals surface area contributed by atoms with Crippen LogP contribution in [0.1, 0.15) is 19.8 Å². The van der Waals surface area contributed by atoms with Crippen LogP contribution in [0.15, 0.2) is 0 Å². The van der Waals surface area contributed by atoms with Gasteiger partial charge in [0.15, 0.2) is 8.32 Å². The molecule has 1 fully saturated rings. The Morgan fingerprint density at radius 2 is 2.00 bits per heavy atom. The summed E-state index contributed by atoms with van der Waals surface area (Å²) in [7, 11) is 0.676. The van der Waals surface area contributed by atoms with E-state index in [1.54, 1.807) is 0 Å². The van der Waals surface area contributed by atoms with Gasteiger partial charge >= 0.3 is 0 Å². The fourth-order valence-electron chi connectivity index (χ4n) is 1.83. The lowest BCUT2D eigenvalue weighted by molar-refractivity contribution is 0.379. The molecule has 0 aliphatic carbocycles. The van der Waals surface area contributed by atoms with Gasteiger partial charge in [0, 0.05) is 12.4 Å². The maximum atomic E-state index is 5.68. The molecule has 0 aromatic carbocycles. The van der Waals surface area contributed by atoms with Crippen LogP contribution in [0.3, 0.4) is 0 Å². The van der Waals surface area contributed by atoms with Crippen molar-refractivity contribution in [3.05, 3.63) is 0 Å². The van der Waals surface area contributed by atoms with E-state index < -0.39 is 8.32 Å². The van der Waals surface area contributed by atoms with Crippen molar-refractivity contribution >= 4 is 20.9 Å². The molecule has 11 heavy (non-hydrogen) atoms. The second-order valence-electron chi connectivity index (χ2n) is 3.47. The van der Waals surface area contributed by atoms with Crippen LogP contribution in [-0.2, 0) is 4.43 Å². The Labute approximate surface area is 76.1 Å². The lowest BCUT2D eigenvalue weighted by Gasteiger charge is -2.34. The maximum Gasteiger partial charge on any atom is 0.192 e. The lowest BCUT2D eigenvalue weighted by Crippen LogP contribution is -2.40. The van der Waals surface area contributed by atoms with Crippen LogP contribution < -0.4 is 0 Å². The highest BCUT2D eigenvalue weighted by Crippen LogP contribution is 2.33. The monoisotopic (exact) mass is 190 g/mol. The third-order valence-electron chi connectivity index (χ3n) is 2.94. The molecule has 0 radical (unpaired) electrons. The van der Waals surface area contributed by atoms with Crippen molar-refractivity contribution in [3.8, 4) is 0 Å². The van der Waals surface area contributed by atoms with Crippen molar-refractivity contribution in [2.45, 2.75) is 43.1 Å². The molecule has 1 aliphatic heterocycles. The molecule has 0 amide bonds. The molecule has 0 spiro atoms. The Kier molecular flexibility index (Phi) is 3.46. The van der Waals surface area contributed by atoms with E-state index in [4.69, 9.17) is 4.43 Å². The highest BCUT2D eigenvalue weighted by molar-refractivity contribution is 7.81. The quantitative estimate of drug-likeness (QED) is 0.520. The average molecular weight is 190 g/mol. The standard InChI is InChI=1S/C8H18OSSi/c1-3-11(9-2)6-4-8(10)5-7-11/h8,10H,3-7H2,1-2H3. The average Bonchev–Trinajstić information content (AvgIpc) is 2.07. The highest BCUT2D eigenvalue weighted by atomic mass is 32.1. The zero-order chi connectivity index (χ0) is 8.32. The summed E-state index contributed by atoms with van der Waals surface area (Å²) in [4.78, 5) is 0. The summed E-state index contributed by atoms with van der Waals surface area (Å²) < 4.78 is 5.68. The fraction of sp³-hybridized carbons (Fsp3) is 1.00. The molecular weight excluding hydrogens is 172 g/mol. The van der Waals surface area contributed by atoms with Crippen LogP contribution in [0.2, 0.25) is 18.1 Å². The summed E-state index contributed by atoms with van der Waals surface area (Å²) in [6, 6.07) is 3.94. The predicted molar refractivity (Wildman–Crippen MR) is 54.9 cm³/mol. The van der Waals surface area contributed by atoms with Gasteiger partial charge in [-0.15, -0.1) is 0 Å². The van der Waals surface area contributed by atoms with Gasteiger partial charge in [0.25, 0.3) is 0 Å². The summed E-state index contributed by atoms with van der Waals surface area (Å²) in [5.74, 6) is 0. The molecule has 0 bridgehead atoms. The summed E-state index contributed by atoms with van der Waals surface area (Å²) in [6.07, 6.45) is 2.55. The largest absolute Gasteiger partial charge is 0.420 e. The number of hydrogen-bond donors (Lipinski definition) is 1. The SMILES string of the molecule is CC[Si]1(OC)CCC(S)CC1. The van der Waals surface area contributed by atoms with Crippen LogP contribution >= 0.6 is 12.6 Å². The van der Waals surface area contributed by atoms with Crippen LogP contribution in [0.5, 0.6) is 0 Å². The zero-order valence-electron chi connectivity index (χ0n) is 7.47. The van der Waals surface area contributed by atoms with Gasteiger partial charge in [0.05, 0.1) is 0 Å². The van der Waals surface area contributed by atoms with Crippen LogP contribution in [-0.4, -0.2) is 20.7 Å². The van der Waals surface area contributed by atoms with Gasteiger partial charge in [0.2, 0.25) is 0 Å². The summed E-state index contributed by atoms with van der Waals surface area (Å²) in [5.41, 5.74) is 0. The first kappa shape index (κ1) is 9.61. The smallest absolute Gasteiger partial charge is 0.192 e. The molecule has 1 heterocycles. The molecule has 0 atom stereocenters. The number of rotatable bonds is 2. The molecule has 0 unspecified atom stereocenters. The van der Waals surface area contributed by atoms with E-state index in [1.165, 1.54) is 31.0 Å². The molecular formula is C8H18OSSi. The molecule has 0 aromatic heterocycles. The van der Waals surface area contributed by atoms with Gasteiger partial charge in [-0.3, -0.25) is 0 Å². The Hall–Kier alpha value is 0.527. The van der Waals surface area contributed by atoms with Crippen molar-refractivity contribution in [1.82, 2.24) is 0 Å². The molecule has 1 aliphatic rings. The van der Waals surface area contributed by atoms with E-state index in [-0.39, 0.29) is 0 Å². The van der Waals surface area contributed by atoms with Gasteiger partial charge < -0.3 is 4.43 Å². The van der Waals surface area contributed by atoms with E-state index in [0.29, 0.717) is 5.25 Å². The molecule has 1 saturated heterocycles. The maximum absolute atomic E-state index is 5.68. The van der Waals surface area contributed by atoms with Gasteiger partial charge in [-0.05, 0) is 31.0 Å². The molecule has 0 saturated carbocycles. The van der Waals surface area contributed by atoms with Gasteiger partial charge in [-0.25, -0.2) is 0 Å². The van der Waals surface area contributed by atoms with Crippen molar-refractivity contribution in [2.24, 2.45) is 0 Å². The third kappa shape index (κ3) is 2.23. The van der Waals surface area contributed by atoms with Gasteiger partial charge in [0.1, 0.15) is 0 Å². The molecule has 0 aromatic rings. The van der Waals surface area contributed by atoms with Crippen LogP contribution in [0.4, 0.5) is 0 Å². The van der Waals surface area contributed by atoms with Crippen LogP contribution in [0.25, 0.3) is 0 Å². The molecule has 0 N–H and O–H groups in total. The molecule has 1 rings (SSSR count). The van der Waals surface area contributed by atoms with E-state index in [2.05, 4.69) is 19.6 Å². The first-order chi connectivity index (χ1) is 5.22. The molecule has 3 heteroatoms. The van der Waals surface area contributed by atoms with Crippen molar-refractivity contribution in [3.63, 3.8) is 0 Å². The highest BCUT2D eigenvalue weighted by Gasteiger charge is 2.35. The van der Waals surface area contributed by atoms with Gasteiger partial charge in [-0.2, -0.15) is 12.6 Å². The lowest BCUT2D eigenvalue weighted by atomic mass is 10.2. The zero-order valence-corrected chi connectivity index (χ0v) is 9.36. The summed E-state index contributed by atoms with van der Waals surface area (Å²) in [5, 5.41) is 0.650. The first-order valence-electron chi connectivity index (χ1n) is 4.45. The Balaban J connectivity index is 2.45. The fourth-order valence-corrected chi connectivity index (χ4v) is 5.98. The minimum atomic E-state index is -1.22. The van der Waals surface area contributed by atoms with E-state index in [9.17, 15) is 0 Å². The van der Waals surface area contributed by atoms with Crippen LogP contribution in [0, 0.1) is 0 Å². The van der Waals surface area contributed by atoms with Crippen molar-refractivity contribution in [2.75, 3.05) is 7.11 Å².